The summed E-state index contributed by atoms with van der Waals surface area (Å²) in [7, 11) is 0. The molecule has 1 heterocycles. The van der Waals surface area contributed by atoms with Crippen molar-refractivity contribution < 1.29 is 27.5 Å². The monoisotopic (exact) mass is 364 g/mol. The first-order chi connectivity index (χ1) is 12.3. The van der Waals surface area contributed by atoms with Crippen LogP contribution in [-0.4, -0.2) is 23.5 Å². The highest BCUT2D eigenvalue weighted by Gasteiger charge is 2.30. The summed E-state index contributed by atoms with van der Waals surface area (Å²) in [6.07, 6.45) is 0.808. The average molecular weight is 364 g/mol. The Bertz CT molecular complexity index is 832. The number of halogens is 3. The maximum absolute atomic E-state index is 12.7. The predicted octanol–water partition coefficient (Wildman–Crippen LogP) is 3.93. The van der Waals surface area contributed by atoms with Crippen LogP contribution in [0.1, 0.15) is 28.4 Å². The second-order valence-electron chi connectivity index (χ2n) is 5.13. The Hall–Kier alpha value is -3.16. The molecule has 1 aromatic carbocycles. The highest BCUT2D eigenvalue weighted by Crippen LogP contribution is 2.30. The van der Waals surface area contributed by atoms with Crippen LogP contribution in [0.25, 0.3) is 6.08 Å². The summed E-state index contributed by atoms with van der Waals surface area (Å²) in [6.45, 7) is 1.91. The zero-order valence-electron chi connectivity index (χ0n) is 13.7. The third-order valence-corrected chi connectivity index (χ3v) is 3.17. The van der Waals surface area contributed by atoms with E-state index in [-0.39, 0.29) is 17.9 Å². The zero-order valence-corrected chi connectivity index (χ0v) is 13.7. The van der Waals surface area contributed by atoms with Crippen molar-refractivity contribution in [2.75, 3.05) is 11.9 Å². The van der Waals surface area contributed by atoms with Gasteiger partial charge in [-0.05, 0) is 42.8 Å². The van der Waals surface area contributed by atoms with Gasteiger partial charge < -0.3 is 10.1 Å². The molecule has 0 atom stereocenters. The third kappa shape index (κ3) is 5.44. The van der Waals surface area contributed by atoms with Crippen molar-refractivity contribution in [3.05, 3.63) is 65.5 Å². The lowest BCUT2D eigenvalue weighted by molar-refractivity contribution is -0.138. The first-order valence-corrected chi connectivity index (χ1v) is 7.58. The van der Waals surface area contributed by atoms with Crippen LogP contribution in [0, 0.1) is 0 Å². The van der Waals surface area contributed by atoms with Crippen molar-refractivity contribution >= 4 is 23.6 Å². The number of hydrogen-bond acceptors (Lipinski definition) is 4. The van der Waals surface area contributed by atoms with Gasteiger partial charge in [0, 0.05) is 24.2 Å². The van der Waals surface area contributed by atoms with Gasteiger partial charge in [0.05, 0.1) is 17.7 Å². The van der Waals surface area contributed by atoms with Crippen molar-refractivity contribution in [3.63, 3.8) is 0 Å². The van der Waals surface area contributed by atoms with Crippen molar-refractivity contribution in [1.82, 2.24) is 4.98 Å². The van der Waals surface area contributed by atoms with Crippen LogP contribution in [-0.2, 0) is 15.7 Å². The van der Waals surface area contributed by atoms with E-state index >= 15 is 0 Å². The Morgan fingerprint density at radius 1 is 1.23 bits per heavy atom. The molecule has 0 spiro atoms. The number of anilines is 1. The number of pyridine rings is 1. The second kappa shape index (κ2) is 8.28. The van der Waals surface area contributed by atoms with Gasteiger partial charge in [0.15, 0.2) is 0 Å². The van der Waals surface area contributed by atoms with E-state index in [1.165, 1.54) is 42.7 Å². The normalized spacial score (nSPS) is 11.4. The van der Waals surface area contributed by atoms with Crippen molar-refractivity contribution in [3.8, 4) is 0 Å². The van der Waals surface area contributed by atoms with Gasteiger partial charge in [0.1, 0.15) is 0 Å². The molecule has 0 aliphatic heterocycles. The summed E-state index contributed by atoms with van der Waals surface area (Å²) in [4.78, 5) is 27.4. The summed E-state index contributed by atoms with van der Waals surface area (Å²) < 4.78 is 42.9. The summed E-state index contributed by atoms with van der Waals surface area (Å²) in [5.41, 5.74) is -0.250. The molecule has 1 aromatic heterocycles. The van der Waals surface area contributed by atoms with Gasteiger partial charge in [-0.1, -0.05) is 6.07 Å². The summed E-state index contributed by atoms with van der Waals surface area (Å²) in [6, 6.07) is 5.76. The lowest BCUT2D eigenvalue weighted by Crippen LogP contribution is -2.13. The Labute approximate surface area is 147 Å². The molecular weight excluding hydrogens is 349 g/mol. The number of ether oxygens (including phenoxy) is 1. The van der Waals surface area contributed by atoms with Gasteiger partial charge in [-0.2, -0.15) is 13.2 Å². The average Bonchev–Trinajstić information content (AvgIpc) is 2.60. The van der Waals surface area contributed by atoms with Crippen LogP contribution in [0.5, 0.6) is 0 Å². The van der Waals surface area contributed by atoms with E-state index in [2.05, 4.69) is 10.3 Å². The van der Waals surface area contributed by atoms with Crippen LogP contribution in [0.3, 0.4) is 0 Å². The molecule has 1 amide bonds. The predicted molar refractivity (Wildman–Crippen MR) is 89.3 cm³/mol. The summed E-state index contributed by atoms with van der Waals surface area (Å²) >= 11 is 0. The third-order valence-electron chi connectivity index (χ3n) is 3.17. The number of alkyl halides is 3. The van der Waals surface area contributed by atoms with E-state index in [9.17, 15) is 22.8 Å². The Kier molecular flexibility index (Phi) is 6.11. The van der Waals surface area contributed by atoms with E-state index < -0.39 is 23.6 Å². The molecule has 0 saturated carbocycles. The fraction of sp³-hybridized carbons (Fsp3) is 0.167. The molecule has 0 radical (unpaired) electrons. The van der Waals surface area contributed by atoms with Crippen LogP contribution in [0.2, 0.25) is 0 Å². The molecule has 0 bridgehead atoms. The quantitative estimate of drug-likeness (QED) is 0.645. The van der Waals surface area contributed by atoms with Crippen molar-refractivity contribution in [2.24, 2.45) is 0 Å². The maximum atomic E-state index is 12.7. The number of esters is 1. The molecule has 0 saturated heterocycles. The molecule has 0 unspecified atom stereocenters. The summed E-state index contributed by atoms with van der Waals surface area (Å²) in [5, 5.41) is 2.39. The lowest BCUT2D eigenvalue weighted by Gasteiger charge is -2.10. The number of nitrogens with one attached hydrogen (secondary N) is 1. The number of carbonyl (C=O) groups is 2. The topological polar surface area (TPSA) is 68.3 Å². The van der Waals surface area contributed by atoms with Crippen LogP contribution >= 0.6 is 0 Å². The molecule has 1 N–H and O–H groups in total. The fourth-order valence-corrected chi connectivity index (χ4v) is 2.00. The highest BCUT2D eigenvalue weighted by molar-refractivity contribution is 6.04. The van der Waals surface area contributed by atoms with Gasteiger partial charge >= 0.3 is 12.1 Å². The van der Waals surface area contributed by atoms with E-state index in [0.29, 0.717) is 5.56 Å². The number of amides is 1. The minimum absolute atomic E-state index is 0.0114. The Balaban J connectivity index is 2.13. The molecule has 26 heavy (non-hydrogen) atoms. The molecule has 0 aliphatic carbocycles. The van der Waals surface area contributed by atoms with Crippen LogP contribution in [0.4, 0.5) is 18.9 Å². The number of nitrogens with zero attached hydrogens (tertiary/aromatic N) is 1. The Morgan fingerprint density at radius 2 is 2.00 bits per heavy atom. The molecule has 2 aromatic rings. The van der Waals surface area contributed by atoms with Crippen molar-refractivity contribution in [2.45, 2.75) is 13.1 Å². The van der Waals surface area contributed by atoms with Crippen LogP contribution in [0.15, 0.2) is 48.8 Å². The minimum atomic E-state index is -4.50. The lowest BCUT2D eigenvalue weighted by atomic mass is 10.1. The fourth-order valence-electron chi connectivity index (χ4n) is 2.00. The number of rotatable bonds is 5. The van der Waals surface area contributed by atoms with Crippen molar-refractivity contribution in [1.29, 1.82) is 0 Å². The SMILES string of the molecule is CCOC(=O)/C=C/c1cncc(C(=O)Nc2cccc(C(F)(F)F)c2)c1. The van der Waals surface area contributed by atoms with E-state index in [1.807, 2.05) is 0 Å². The molecule has 8 heteroatoms. The number of aromatic nitrogens is 1. The summed E-state index contributed by atoms with van der Waals surface area (Å²) in [5.74, 6) is -1.16. The van der Waals surface area contributed by atoms with Gasteiger partial charge in [-0.15, -0.1) is 0 Å². The molecule has 2 rings (SSSR count). The number of carbonyl (C=O) groups excluding carboxylic acids is 2. The standard InChI is InChI=1S/C18H15F3N2O3/c1-2-26-16(24)7-6-12-8-13(11-22-10-12)17(25)23-15-5-3-4-14(9-15)18(19,20)21/h3-11H,2H2,1H3,(H,23,25)/b7-6+. The Morgan fingerprint density at radius 3 is 2.69 bits per heavy atom. The molecule has 136 valence electrons. The van der Waals surface area contributed by atoms with Gasteiger partial charge in [-0.3, -0.25) is 9.78 Å². The van der Waals surface area contributed by atoms with E-state index in [0.717, 1.165) is 12.1 Å². The molecule has 0 fully saturated rings. The highest BCUT2D eigenvalue weighted by atomic mass is 19.4. The molecular formula is C18H15F3N2O3. The van der Waals surface area contributed by atoms with Gasteiger partial charge in [0.25, 0.3) is 5.91 Å². The minimum Gasteiger partial charge on any atom is -0.463 e. The van der Waals surface area contributed by atoms with Gasteiger partial charge in [-0.25, -0.2) is 4.79 Å². The first-order valence-electron chi connectivity index (χ1n) is 7.58. The number of hydrogen-bond donors (Lipinski definition) is 1. The maximum Gasteiger partial charge on any atom is 0.416 e. The smallest absolute Gasteiger partial charge is 0.416 e. The van der Waals surface area contributed by atoms with E-state index in [4.69, 9.17) is 4.74 Å². The second-order valence-corrected chi connectivity index (χ2v) is 5.13. The van der Waals surface area contributed by atoms with Gasteiger partial charge in [0.2, 0.25) is 0 Å². The van der Waals surface area contributed by atoms with Crippen LogP contribution < -0.4 is 5.32 Å². The first kappa shape index (κ1) is 19.2. The molecule has 0 aliphatic rings. The van der Waals surface area contributed by atoms with E-state index in [1.54, 1.807) is 6.92 Å². The zero-order chi connectivity index (χ0) is 19.2. The number of benzene rings is 1. The molecule has 5 nitrogen and oxygen atoms in total. The largest absolute Gasteiger partial charge is 0.463 e.